The fourth-order valence-electron chi connectivity index (χ4n) is 4.77. The molecule has 1 aliphatic heterocycles. The third kappa shape index (κ3) is 5.14. The molecule has 2 heterocycles. The maximum atomic E-state index is 13.1. The summed E-state index contributed by atoms with van der Waals surface area (Å²) in [5.74, 6) is 0.619. The first-order valence-electron chi connectivity index (χ1n) is 11.0. The Balaban J connectivity index is 0.00000204. The minimum atomic E-state index is -3.54. The van der Waals surface area contributed by atoms with Crippen molar-refractivity contribution in [2.24, 2.45) is 0 Å². The van der Waals surface area contributed by atoms with Gasteiger partial charge in [-0.05, 0) is 36.1 Å². The largest absolute Gasteiger partial charge is 1.00 e. The molecular formula is C24H30KN3O4S. The Kier molecular flexibility index (Phi) is 8.59. The number of sulfone groups is 1. The van der Waals surface area contributed by atoms with Crippen molar-refractivity contribution in [2.45, 2.75) is 56.7 Å². The van der Waals surface area contributed by atoms with Crippen LogP contribution in [-0.4, -0.2) is 34.8 Å². The third-order valence-corrected chi connectivity index (χ3v) is 9.03. The second-order valence-corrected chi connectivity index (χ2v) is 11.3. The van der Waals surface area contributed by atoms with E-state index < -0.39 is 20.5 Å². The summed E-state index contributed by atoms with van der Waals surface area (Å²) in [7, 11) is -3.54. The summed E-state index contributed by atoms with van der Waals surface area (Å²) < 4.78 is 27.1. The van der Waals surface area contributed by atoms with Gasteiger partial charge in [0.05, 0.1) is 23.2 Å². The molecule has 0 radical (unpaired) electrons. The Hall–Kier alpha value is -1.07. The Morgan fingerprint density at radius 2 is 1.88 bits per heavy atom. The molecule has 7 nitrogen and oxygen atoms in total. The van der Waals surface area contributed by atoms with Crippen LogP contribution in [0.3, 0.4) is 0 Å². The zero-order valence-corrected chi connectivity index (χ0v) is 23.4. The number of imidazole rings is 1. The van der Waals surface area contributed by atoms with Gasteiger partial charge in [-0.3, -0.25) is 10.0 Å². The number of aromatic nitrogens is 2. The monoisotopic (exact) mass is 495 g/mol. The number of carbonyl (C=O) groups is 1. The van der Waals surface area contributed by atoms with Crippen LogP contribution in [0.2, 0.25) is 0 Å². The predicted molar refractivity (Wildman–Crippen MR) is 124 cm³/mol. The van der Waals surface area contributed by atoms with Crippen molar-refractivity contribution in [2.75, 3.05) is 5.75 Å². The molecule has 0 saturated carbocycles. The van der Waals surface area contributed by atoms with E-state index in [4.69, 9.17) is 10.2 Å². The quantitative estimate of drug-likeness (QED) is 0.302. The molecular weight excluding hydrogens is 465 g/mol. The number of carbonyl (C=O) groups excluding carboxylic acids is 1. The normalized spacial score (nSPS) is 19.9. The number of amides is 1. The van der Waals surface area contributed by atoms with Gasteiger partial charge in [0.1, 0.15) is 10.6 Å². The van der Waals surface area contributed by atoms with Crippen LogP contribution >= 0.6 is 0 Å². The third-order valence-electron chi connectivity index (χ3n) is 6.43. The van der Waals surface area contributed by atoms with Gasteiger partial charge < -0.3 is 5.99 Å². The van der Waals surface area contributed by atoms with Crippen molar-refractivity contribution >= 4 is 26.8 Å². The number of fused-ring (bicyclic) bond motifs is 1. The summed E-state index contributed by atoms with van der Waals surface area (Å²) in [4.78, 5) is 16.8. The van der Waals surface area contributed by atoms with Crippen LogP contribution in [0.1, 0.15) is 63.8 Å². The second-order valence-electron chi connectivity index (χ2n) is 8.88. The smallest absolute Gasteiger partial charge is 1.00 e. The molecule has 0 aliphatic carbocycles. The van der Waals surface area contributed by atoms with Crippen molar-refractivity contribution < 1.29 is 71.2 Å². The van der Waals surface area contributed by atoms with Gasteiger partial charge in [0, 0.05) is 12.5 Å². The van der Waals surface area contributed by atoms with Gasteiger partial charge in [0.2, 0.25) is 5.91 Å². The van der Waals surface area contributed by atoms with Crippen molar-refractivity contribution in [3.63, 3.8) is 0 Å². The Morgan fingerprint density at radius 1 is 1.18 bits per heavy atom. The maximum absolute atomic E-state index is 13.1. The number of hydrogen-bond acceptors (Lipinski definition) is 5. The molecule has 1 aromatic heterocycles. The molecule has 1 aliphatic rings. The van der Waals surface area contributed by atoms with E-state index >= 15 is 0 Å². The fourth-order valence-corrected chi connectivity index (χ4v) is 7.05. The first-order chi connectivity index (χ1) is 15.3. The van der Waals surface area contributed by atoms with Crippen LogP contribution in [0.4, 0.5) is 0 Å². The molecule has 2 N–H and O–H groups in total. The van der Waals surface area contributed by atoms with E-state index in [1.807, 2.05) is 42.5 Å². The Labute approximate surface area is 238 Å². The second kappa shape index (κ2) is 10.7. The summed E-state index contributed by atoms with van der Waals surface area (Å²) in [5.41, 5.74) is 5.24. The van der Waals surface area contributed by atoms with E-state index in [0.29, 0.717) is 24.9 Å². The van der Waals surface area contributed by atoms with Crippen LogP contribution in [0, 0.1) is 0 Å². The summed E-state index contributed by atoms with van der Waals surface area (Å²) in [6, 6.07) is 15.5. The molecule has 172 valence electrons. The fraction of sp³-hybridized carbons (Fsp3) is 0.417. The minimum absolute atomic E-state index is 0. The Bertz CT molecular complexity index is 1240. The van der Waals surface area contributed by atoms with E-state index in [0.717, 1.165) is 28.8 Å². The van der Waals surface area contributed by atoms with Gasteiger partial charge in [0.25, 0.3) is 0 Å². The molecule has 0 spiro atoms. The Morgan fingerprint density at radius 3 is 2.52 bits per heavy atom. The van der Waals surface area contributed by atoms with Gasteiger partial charge in [-0.25, -0.2) is 18.9 Å². The van der Waals surface area contributed by atoms with Crippen LogP contribution in [0.5, 0.6) is 0 Å². The number of hydrogen-bond donors (Lipinski definition) is 2. The maximum Gasteiger partial charge on any atom is 1.00 e. The van der Waals surface area contributed by atoms with E-state index in [9.17, 15) is 13.2 Å². The summed E-state index contributed by atoms with van der Waals surface area (Å²) in [6.07, 6.45) is 1.40. The van der Waals surface area contributed by atoms with E-state index in [2.05, 4.69) is 24.5 Å². The van der Waals surface area contributed by atoms with Crippen LogP contribution in [0.15, 0.2) is 48.5 Å². The number of para-hydroxylation sites is 2. The first-order valence-corrected chi connectivity index (χ1v) is 12.6. The topological polar surface area (TPSA) is 101 Å². The number of rotatable bonds is 6. The molecule has 1 fully saturated rings. The standard InChI is InChI=1S/C24H29N3O4S.K.H/c1-17(2)23-25-20-7-3-4-8-21(20)27(23)16-18-9-11-19(12-10-18)24(15-22(28)26-29)13-5-6-14-32(24,30)31;;/h3-4,7-12,17,29H,5-6,13-16H2,1-2H3,(H,26,28);;/q;+1;-1. The number of hydroxylamine groups is 1. The average molecular weight is 496 g/mol. The first kappa shape index (κ1) is 26.5. The summed E-state index contributed by atoms with van der Waals surface area (Å²) in [6.45, 7) is 4.85. The predicted octanol–water partition coefficient (Wildman–Crippen LogP) is 1.01. The molecule has 33 heavy (non-hydrogen) atoms. The minimum Gasteiger partial charge on any atom is -1.00 e. The van der Waals surface area contributed by atoms with Crippen molar-refractivity contribution in [3.8, 4) is 0 Å². The van der Waals surface area contributed by atoms with Crippen molar-refractivity contribution in [3.05, 3.63) is 65.5 Å². The average Bonchev–Trinajstić information content (AvgIpc) is 3.14. The molecule has 1 atom stereocenters. The molecule has 1 unspecified atom stereocenters. The van der Waals surface area contributed by atoms with Gasteiger partial charge in [-0.2, -0.15) is 0 Å². The molecule has 4 rings (SSSR count). The van der Waals surface area contributed by atoms with Crippen LogP contribution in [0.25, 0.3) is 11.0 Å². The summed E-state index contributed by atoms with van der Waals surface area (Å²) >= 11 is 0. The summed E-state index contributed by atoms with van der Waals surface area (Å²) in [5, 5.41) is 9.04. The zero-order chi connectivity index (χ0) is 22.9. The van der Waals surface area contributed by atoms with E-state index in [1.165, 1.54) is 0 Å². The van der Waals surface area contributed by atoms with E-state index in [1.54, 1.807) is 5.48 Å². The SMILES string of the molecule is CC(C)c1nc2ccccc2n1Cc1ccc(C2(CC(=O)NO)CCCCS2(=O)=O)cc1.[H-].[K+]. The molecule has 2 aromatic carbocycles. The van der Waals surface area contributed by atoms with Crippen molar-refractivity contribution in [1.29, 1.82) is 0 Å². The molecule has 3 aromatic rings. The van der Waals surface area contributed by atoms with Crippen LogP contribution in [-0.2, 0) is 25.9 Å². The molecule has 1 amide bonds. The molecule has 9 heteroatoms. The number of benzene rings is 2. The molecule has 1 saturated heterocycles. The van der Waals surface area contributed by atoms with Gasteiger partial charge >= 0.3 is 51.4 Å². The van der Waals surface area contributed by atoms with Crippen molar-refractivity contribution in [1.82, 2.24) is 15.0 Å². The van der Waals surface area contributed by atoms with Crippen LogP contribution < -0.4 is 56.9 Å². The van der Waals surface area contributed by atoms with E-state index in [-0.39, 0.29) is 70.9 Å². The van der Waals surface area contributed by atoms with Gasteiger partial charge in [0.15, 0.2) is 9.84 Å². The molecule has 0 bridgehead atoms. The number of nitrogens with one attached hydrogen (secondary N) is 1. The van der Waals surface area contributed by atoms with Gasteiger partial charge in [-0.15, -0.1) is 0 Å². The zero-order valence-electron chi connectivity index (χ0n) is 20.4. The number of nitrogens with zero attached hydrogens (tertiary/aromatic N) is 2. The van der Waals surface area contributed by atoms with Gasteiger partial charge in [-0.1, -0.05) is 56.7 Å².